The Bertz CT molecular complexity index is 327. The smallest absolute Gasteiger partial charge is 0.113 e. The molecule has 1 heterocycles. The molecule has 0 aromatic carbocycles. The highest BCUT2D eigenvalue weighted by Gasteiger charge is 1.91. The second kappa shape index (κ2) is 5.58. The summed E-state index contributed by atoms with van der Waals surface area (Å²) in [6, 6.07) is 5.39. The van der Waals surface area contributed by atoms with E-state index in [9.17, 15) is 0 Å². The molecule has 0 aliphatic carbocycles. The SMILES string of the molecule is OCc1cccc(C#CCCCl)n1. The van der Waals surface area contributed by atoms with E-state index < -0.39 is 0 Å². The van der Waals surface area contributed by atoms with Crippen LogP contribution in [0.3, 0.4) is 0 Å². The predicted molar refractivity (Wildman–Crippen MR) is 52.4 cm³/mol. The lowest BCUT2D eigenvalue weighted by molar-refractivity contribution is 0.277. The van der Waals surface area contributed by atoms with E-state index in [4.69, 9.17) is 16.7 Å². The number of aliphatic hydroxyl groups excluding tert-OH is 1. The summed E-state index contributed by atoms with van der Waals surface area (Å²) in [5.74, 6) is 6.27. The summed E-state index contributed by atoms with van der Waals surface area (Å²) in [4.78, 5) is 4.10. The van der Waals surface area contributed by atoms with Crippen LogP contribution in [0.25, 0.3) is 0 Å². The van der Waals surface area contributed by atoms with Gasteiger partial charge in [0.1, 0.15) is 5.69 Å². The molecule has 2 nitrogen and oxygen atoms in total. The van der Waals surface area contributed by atoms with Crippen LogP contribution in [0.2, 0.25) is 0 Å². The molecular weight excluding hydrogens is 186 g/mol. The van der Waals surface area contributed by atoms with E-state index in [0.29, 0.717) is 23.7 Å². The molecule has 0 radical (unpaired) electrons. The molecule has 0 aliphatic rings. The summed E-state index contributed by atoms with van der Waals surface area (Å²) in [7, 11) is 0. The maximum Gasteiger partial charge on any atom is 0.113 e. The van der Waals surface area contributed by atoms with Crippen LogP contribution in [0, 0.1) is 11.8 Å². The molecule has 0 saturated carbocycles. The van der Waals surface area contributed by atoms with E-state index in [2.05, 4.69) is 16.8 Å². The molecule has 3 heteroatoms. The van der Waals surface area contributed by atoms with Gasteiger partial charge in [-0.1, -0.05) is 12.0 Å². The van der Waals surface area contributed by atoms with Gasteiger partial charge in [-0.25, -0.2) is 4.98 Å². The number of alkyl halides is 1. The Hall–Kier alpha value is -1.04. The van der Waals surface area contributed by atoms with Crippen molar-refractivity contribution in [1.29, 1.82) is 0 Å². The molecule has 13 heavy (non-hydrogen) atoms. The lowest BCUT2D eigenvalue weighted by Crippen LogP contribution is -1.90. The van der Waals surface area contributed by atoms with Gasteiger partial charge in [0.2, 0.25) is 0 Å². The number of aliphatic hydroxyl groups is 1. The molecule has 0 saturated heterocycles. The van der Waals surface area contributed by atoms with Crippen molar-refractivity contribution in [3.8, 4) is 11.8 Å². The largest absolute Gasteiger partial charge is 0.390 e. The number of aromatic nitrogens is 1. The molecule has 1 aromatic rings. The van der Waals surface area contributed by atoms with Crippen molar-refractivity contribution in [1.82, 2.24) is 4.98 Å². The first-order valence-electron chi connectivity index (χ1n) is 3.98. The van der Waals surface area contributed by atoms with Gasteiger partial charge in [-0.05, 0) is 18.1 Å². The highest BCUT2D eigenvalue weighted by atomic mass is 35.5. The first-order valence-corrected chi connectivity index (χ1v) is 4.52. The maximum atomic E-state index is 8.80. The standard InChI is InChI=1S/C10H10ClNO/c11-7-2-1-4-9-5-3-6-10(8-13)12-9/h3,5-6,13H,2,7-8H2. The van der Waals surface area contributed by atoms with Gasteiger partial charge in [-0.15, -0.1) is 11.6 Å². The minimum atomic E-state index is -0.0506. The number of hydrogen-bond donors (Lipinski definition) is 1. The Morgan fingerprint density at radius 2 is 2.31 bits per heavy atom. The fraction of sp³-hybridized carbons (Fsp3) is 0.300. The third-order valence-corrected chi connectivity index (χ3v) is 1.59. The molecule has 1 N–H and O–H groups in total. The molecular formula is C10H10ClNO. The zero-order chi connectivity index (χ0) is 9.52. The predicted octanol–water partition coefficient (Wildman–Crippen LogP) is 1.55. The van der Waals surface area contributed by atoms with Crippen molar-refractivity contribution < 1.29 is 5.11 Å². The average Bonchev–Trinajstić information content (AvgIpc) is 2.19. The zero-order valence-electron chi connectivity index (χ0n) is 7.13. The molecule has 0 atom stereocenters. The molecule has 68 valence electrons. The van der Waals surface area contributed by atoms with Gasteiger partial charge in [0, 0.05) is 12.3 Å². The maximum absolute atomic E-state index is 8.80. The van der Waals surface area contributed by atoms with Gasteiger partial charge in [-0.3, -0.25) is 0 Å². The molecule has 0 unspecified atom stereocenters. The number of hydrogen-bond acceptors (Lipinski definition) is 2. The Kier molecular flexibility index (Phi) is 4.31. The van der Waals surface area contributed by atoms with Gasteiger partial charge in [0.15, 0.2) is 0 Å². The number of nitrogens with zero attached hydrogens (tertiary/aromatic N) is 1. The molecule has 0 aliphatic heterocycles. The van der Waals surface area contributed by atoms with Crippen molar-refractivity contribution in [3.63, 3.8) is 0 Å². The van der Waals surface area contributed by atoms with Crippen molar-refractivity contribution in [3.05, 3.63) is 29.6 Å². The zero-order valence-corrected chi connectivity index (χ0v) is 7.88. The summed E-state index contributed by atoms with van der Waals surface area (Å²) in [6.45, 7) is -0.0506. The average molecular weight is 196 g/mol. The van der Waals surface area contributed by atoms with Gasteiger partial charge >= 0.3 is 0 Å². The Morgan fingerprint density at radius 1 is 1.46 bits per heavy atom. The Labute approximate surface area is 82.6 Å². The normalized spacial score (nSPS) is 9.08. The summed E-state index contributed by atoms with van der Waals surface area (Å²) in [5, 5.41) is 8.80. The van der Waals surface area contributed by atoms with Crippen LogP contribution in [0.15, 0.2) is 18.2 Å². The first kappa shape index (κ1) is 10.0. The summed E-state index contributed by atoms with van der Waals surface area (Å²) >= 11 is 5.46. The van der Waals surface area contributed by atoms with Crippen LogP contribution < -0.4 is 0 Å². The monoisotopic (exact) mass is 195 g/mol. The van der Waals surface area contributed by atoms with E-state index in [1.807, 2.05) is 6.07 Å². The fourth-order valence-corrected chi connectivity index (χ4v) is 0.932. The minimum absolute atomic E-state index is 0.0506. The Balaban J connectivity index is 2.73. The molecule has 0 amide bonds. The van der Waals surface area contributed by atoms with E-state index in [-0.39, 0.29) is 6.61 Å². The van der Waals surface area contributed by atoms with E-state index in [1.54, 1.807) is 12.1 Å². The molecule has 1 aromatic heterocycles. The van der Waals surface area contributed by atoms with Gasteiger partial charge < -0.3 is 5.11 Å². The minimum Gasteiger partial charge on any atom is -0.390 e. The molecule has 0 spiro atoms. The fourth-order valence-electron chi connectivity index (χ4n) is 0.838. The highest BCUT2D eigenvalue weighted by molar-refractivity contribution is 6.18. The second-order valence-corrected chi connectivity index (χ2v) is 2.79. The Morgan fingerprint density at radius 3 is 3.00 bits per heavy atom. The highest BCUT2D eigenvalue weighted by Crippen LogP contribution is 1.97. The third-order valence-electron chi connectivity index (χ3n) is 1.40. The second-order valence-electron chi connectivity index (χ2n) is 2.41. The summed E-state index contributed by atoms with van der Waals surface area (Å²) < 4.78 is 0. The number of halogens is 1. The third kappa shape index (κ3) is 3.45. The van der Waals surface area contributed by atoms with Crippen LogP contribution in [-0.2, 0) is 6.61 Å². The van der Waals surface area contributed by atoms with Crippen molar-refractivity contribution in [2.45, 2.75) is 13.0 Å². The van der Waals surface area contributed by atoms with Gasteiger partial charge in [0.25, 0.3) is 0 Å². The summed E-state index contributed by atoms with van der Waals surface area (Å²) in [5.41, 5.74) is 1.31. The van der Waals surface area contributed by atoms with Crippen LogP contribution in [0.5, 0.6) is 0 Å². The van der Waals surface area contributed by atoms with E-state index >= 15 is 0 Å². The number of pyridine rings is 1. The van der Waals surface area contributed by atoms with Crippen molar-refractivity contribution >= 4 is 11.6 Å². The quantitative estimate of drug-likeness (QED) is 0.574. The van der Waals surface area contributed by atoms with Gasteiger partial charge in [0.05, 0.1) is 12.3 Å². The van der Waals surface area contributed by atoms with E-state index in [1.165, 1.54) is 0 Å². The van der Waals surface area contributed by atoms with Crippen LogP contribution in [0.1, 0.15) is 17.8 Å². The van der Waals surface area contributed by atoms with Crippen molar-refractivity contribution in [2.75, 3.05) is 5.88 Å². The molecule has 0 bridgehead atoms. The lowest BCUT2D eigenvalue weighted by Gasteiger charge is -1.94. The van der Waals surface area contributed by atoms with Gasteiger partial charge in [-0.2, -0.15) is 0 Å². The van der Waals surface area contributed by atoms with Crippen LogP contribution >= 0.6 is 11.6 Å². The molecule has 1 rings (SSSR count). The molecule has 0 fully saturated rings. The van der Waals surface area contributed by atoms with Crippen LogP contribution in [0.4, 0.5) is 0 Å². The summed E-state index contributed by atoms with van der Waals surface area (Å²) in [6.07, 6.45) is 0.659. The lowest BCUT2D eigenvalue weighted by atomic mass is 10.3. The van der Waals surface area contributed by atoms with Crippen LogP contribution in [-0.4, -0.2) is 16.0 Å². The first-order chi connectivity index (χ1) is 6.36. The van der Waals surface area contributed by atoms with E-state index in [0.717, 1.165) is 0 Å². The topological polar surface area (TPSA) is 33.1 Å². The van der Waals surface area contributed by atoms with Crippen molar-refractivity contribution in [2.24, 2.45) is 0 Å². The number of rotatable bonds is 2.